The normalized spacial score (nSPS) is 15.6. The van der Waals surface area contributed by atoms with Gasteiger partial charge in [0, 0.05) is 31.0 Å². The van der Waals surface area contributed by atoms with Gasteiger partial charge in [-0.05, 0) is 31.9 Å². The highest BCUT2D eigenvalue weighted by molar-refractivity contribution is 5.99. The second kappa shape index (κ2) is 6.12. The number of aromatic nitrogens is 5. The van der Waals surface area contributed by atoms with Crippen LogP contribution in [0.15, 0.2) is 41.6 Å². The van der Waals surface area contributed by atoms with Crippen LogP contribution in [0, 0.1) is 6.92 Å². The van der Waals surface area contributed by atoms with Crippen molar-refractivity contribution in [2.24, 2.45) is 0 Å². The second-order valence-electron chi connectivity index (χ2n) is 6.22. The number of piperidine rings is 1. The molecule has 0 aromatic carbocycles. The summed E-state index contributed by atoms with van der Waals surface area (Å²) in [4.78, 5) is 33.0. The smallest absolute Gasteiger partial charge is 0.258 e. The number of hydrogen-bond donors (Lipinski definition) is 0. The molecule has 0 saturated carbocycles. The highest BCUT2D eigenvalue weighted by Crippen LogP contribution is 2.22. The molecule has 0 bridgehead atoms. The first-order valence-corrected chi connectivity index (χ1v) is 8.27. The fraction of sp³-hybridized carbons (Fsp3) is 0.353. The van der Waals surface area contributed by atoms with Gasteiger partial charge in [0.25, 0.3) is 11.5 Å². The van der Waals surface area contributed by atoms with Crippen LogP contribution in [0.1, 0.15) is 34.9 Å². The van der Waals surface area contributed by atoms with Crippen LogP contribution < -0.4 is 5.56 Å². The minimum atomic E-state index is -0.180. The van der Waals surface area contributed by atoms with Gasteiger partial charge >= 0.3 is 0 Å². The fourth-order valence-corrected chi connectivity index (χ4v) is 3.29. The molecule has 8 nitrogen and oxygen atoms in total. The zero-order valence-corrected chi connectivity index (χ0v) is 13.9. The lowest BCUT2D eigenvalue weighted by Gasteiger charge is -2.31. The first-order chi connectivity index (χ1) is 12.1. The van der Waals surface area contributed by atoms with Crippen LogP contribution in [-0.4, -0.2) is 48.3 Å². The Labute approximate surface area is 143 Å². The van der Waals surface area contributed by atoms with E-state index in [0.29, 0.717) is 30.0 Å². The van der Waals surface area contributed by atoms with Crippen molar-refractivity contribution in [1.29, 1.82) is 0 Å². The molecule has 4 rings (SSSR count). The van der Waals surface area contributed by atoms with E-state index in [-0.39, 0.29) is 17.5 Å². The molecule has 8 heteroatoms. The molecule has 0 radical (unpaired) electrons. The van der Waals surface area contributed by atoms with Gasteiger partial charge < -0.3 is 4.90 Å². The highest BCUT2D eigenvalue weighted by atomic mass is 16.2. The molecule has 3 aromatic rings. The predicted molar refractivity (Wildman–Crippen MR) is 90.4 cm³/mol. The lowest BCUT2D eigenvalue weighted by molar-refractivity contribution is 0.0685. The largest absolute Gasteiger partial charge is 0.338 e. The van der Waals surface area contributed by atoms with Crippen molar-refractivity contribution in [3.8, 4) is 0 Å². The molecule has 0 atom stereocenters. The number of pyridine rings is 1. The van der Waals surface area contributed by atoms with E-state index in [9.17, 15) is 9.59 Å². The molecule has 1 aliphatic heterocycles. The number of rotatable bonds is 2. The molecule has 0 spiro atoms. The summed E-state index contributed by atoms with van der Waals surface area (Å²) in [6, 6.07) is 5.11. The average Bonchev–Trinajstić information content (AvgIpc) is 3.15. The highest BCUT2D eigenvalue weighted by Gasteiger charge is 2.26. The SMILES string of the molecule is Cc1cc(=O)n2cccc(C(=O)N3CCC(n4nccn4)CC3)c2n1. The van der Waals surface area contributed by atoms with Gasteiger partial charge in [0.05, 0.1) is 24.0 Å². The van der Waals surface area contributed by atoms with Crippen LogP contribution >= 0.6 is 0 Å². The maximum absolute atomic E-state index is 13.0. The number of carbonyl (C=O) groups is 1. The van der Waals surface area contributed by atoms with E-state index in [4.69, 9.17) is 0 Å². The van der Waals surface area contributed by atoms with Gasteiger partial charge in [-0.1, -0.05) is 0 Å². The molecule has 0 aliphatic carbocycles. The van der Waals surface area contributed by atoms with Crippen molar-refractivity contribution in [2.45, 2.75) is 25.8 Å². The quantitative estimate of drug-likeness (QED) is 0.698. The molecule has 3 aromatic heterocycles. The Kier molecular flexibility index (Phi) is 3.79. The van der Waals surface area contributed by atoms with Crippen molar-refractivity contribution >= 4 is 11.6 Å². The van der Waals surface area contributed by atoms with Gasteiger partial charge in [-0.3, -0.25) is 14.0 Å². The summed E-state index contributed by atoms with van der Waals surface area (Å²) in [5.74, 6) is -0.0949. The molecule has 0 unspecified atom stereocenters. The molecule has 4 heterocycles. The second-order valence-corrected chi connectivity index (χ2v) is 6.22. The maximum Gasteiger partial charge on any atom is 0.258 e. The standard InChI is InChI=1S/C17H18N6O2/c1-12-11-15(24)22-8-2-3-14(16(22)20-12)17(25)21-9-4-13(5-10-21)23-18-6-7-19-23/h2-3,6-8,11,13H,4-5,9-10H2,1H3. The lowest BCUT2D eigenvalue weighted by Crippen LogP contribution is -2.39. The first kappa shape index (κ1) is 15.5. The lowest BCUT2D eigenvalue weighted by atomic mass is 10.0. The summed E-state index contributed by atoms with van der Waals surface area (Å²) in [5.41, 5.74) is 1.29. The summed E-state index contributed by atoms with van der Waals surface area (Å²) in [7, 11) is 0. The third-order valence-corrected chi connectivity index (χ3v) is 4.56. The number of likely N-dealkylation sites (tertiary alicyclic amines) is 1. The Morgan fingerprint density at radius 2 is 1.92 bits per heavy atom. The summed E-state index contributed by atoms with van der Waals surface area (Å²) in [6.07, 6.45) is 6.57. The molecule has 1 fully saturated rings. The molecule has 1 aliphatic rings. The predicted octanol–water partition coefficient (Wildman–Crippen LogP) is 1.07. The van der Waals surface area contributed by atoms with Crippen LogP contribution in [0.5, 0.6) is 0 Å². The molecular weight excluding hydrogens is 320 g/mol. The number of aryl methyl sites for hydroxylation is 1. The van der Waals surface area contributed by atoms with Gasteiger partial charge in [0.15, 0.2) is 5.65 Å². The number of carbonyl (C=O) groups excluding carboxylic acids is 1. The van der Waals surface area contributed by atoms with Crippen LogP contribution in [0.4, 0.5) is 0 Å². The third kappa shape index (κ3) is 2.79. The van der Waals surface area contributed by atoms with E-state index >= 15 is 0 Å². The van der Waals surface area contributed by atoms with E-state index in [0.717, 1.165) is 12.8 Å². The molecule has 1 amide bonds. The van der Waals surface area contributed by atoms with E-state index in [1.165, 1.54) is 10.5 Å². The fourth-order valence-electron chi connectivity index (χ4n) is 3.29. The minimum absolute atomic E-state index is 0.0949. The maximum atomic E-state index is 13.0. The van der Waals surface area contributed by atoms with E-state index in [1.54, 1.807) is 42.4 Å². The van der Waals surface area contributed by atoms with Gasteiger partial charge in [-0.2, -0.15) is 15.0 Å². The van der Waals surface area contributed by atoms with Crippen LogP contribution in [0.2, 0.25) is 0 Å². The van der Waals surface area contributed by atoms with Crippen molar-refractivity contribution in [2.75, 3.05) is 13.1 Å². The Bertz CT molecular complexity index is 970. The van der Waals surface area contributed by atoms with E-state index in [2.05, 4.69) is 15.2 Å². The Balaban J connectivity index is 1.60. The summed E-state index contributed by atoms with van der Waals surface area (Å²) < 4.78 is 1.42. The Hall–Kier alpha value is -3.03. The average molecular weight is 338 g/mol. The number of nitrogens with zero attached hydrogens (tertiary/aromatic N) is 6. The van der Waals surface area contributed by atoms with Crippen LogP contribution in [0.3, 0.4) is 0 Å². The van der Waals surface area contributed by atoms with Crippen LogP contribution in [0.25, 0.3) is 5.65 Å². The van der Waals surface area contributed by atoms with E-state index in [1.807, 2.05) is 4.90 Å². The Morgan fingerprint density at radius 3 is 2.64 bits per heavy atom. The zero-order chi connectivity index (χ0) is 17.4. The monoisotopic (exact) mass is 338 g/mol. The van der Waals surface area contributed by atoms with Crippen molar-refractivity contribution in [1.82, 2.24) is 29.3 Å². The topological polar surface area (TPSA) is 85.4 Å². The Morgan fingerprint density at radius 1 is 1.20 bits per heavy atom. The number of fused-ring (bicyclic) bond motifs is 1. The van der Waals surface area contributed by atoms with Crippen molar-refractivity contribution in [3.05, 3.63) is 58.4 Å². The van der Waals surface area contributed by atoms with Gasteiger partial charge in [-0.15, -0.1) is 0 Å². The third-order valence-electron chi connectivity index (χ3n) is 4.56. The summed E-state index contributed by atoms with van der Waals surface area (Å²) in [5, 5.41) is 8.36. The van der Waals surface area contributed by atoms with Crippen LogP contribution in [-0.2, 0) is 0 Å². The summed E-state index contributed by atoms with van der Waals surface area (Å²) in [6.45, 7) is 3.01. The molecule has 25 heavy (non-hydrogen) atoms. The van der Waals surface area contributed by atoms with Crippen molar-refractivity contribution in [3.63, 3.8) is 0 Å². The van der Waals surface area contributed by atoms with E-state index < -0.39 is 0 Å². The van der Waals surface area contributed by atoms with Gasteiger partial charge in [0.2, 0.25) is 0 Å². The molecular formula is C17H18N6O2. The minimum Gasteiger partial charge on any atom is -0.338 e. The number of hydrogen-bond acceptors (Lipinski definition) is 5. The van der Waals surface area contributed by atoms with Crippen molar-refractivity contribution < 1.29 is 4.79 Å². The molecule has 1 saturated heterocycles. The molecule has 128 valence electrons. The molecule has 0 N–H and O–H groups in total. The van der Waals surface area contributed by atoms with Gasteiger partial charge in [0.1, 0.15) is 0 Å². The number of amides is 1. The van der Waals surface area contributed by atoms with Gasteiger partial charge in [-0.25, -0.2) is 4.98 Å². The summed E-state index contributed by atoms with van der Waals surface area (Å²) >= 11 is 0. The first-order valence-electron chi connectivity index (χ1n) is 8.27. The zero-order valence-electron chi connectivity index (χ0n) is 13.9.